The number of benzene rings is 2. The molecule has 0 heterocycles. The third-order valence-electron chi connectivity index (χ3n) is 2.36. The quantitative estimate of drug-likeness (QED) is 0.604. The van der Waals surface area contributed by atoms with Crippen molar-refractivity contribution in [2.75, 3.05) is 10.5 Å². The van der Waals surface area contributed by atoms with Crippen molar-refractivity contribution in [3.8, 4) is 0 Å². The van der Waals surface area contributed by atoms with E-state index in [9.17, 15) is 8.42 Å². The second-order valence-corrected chi connectivity index (χ2v) is 7.13. The Kier molecular flexibility index (Phi) is 4.22. The normalized spacial score (nSPS) is 11.3. The zero-order valence-electron chi connectivity index (χ0n) is 9.60. The van der Waals surface area contributed by atoms with Crippen LogP contribution in [0.2, 0.25) is 5.02 Å². The smallest absolute Gasteiger partial charge is 0.261 e. The lowest BCUT2D eigenvalue weighted by atomic mass is 10.3. The Hall–Kier alpha value is -0.990. The van der Waals surface area contributed by atoms with Crippen LogP contribution in [0.15, 0.2) is 47.4 Å². The van der Waals surface area contributed by atoms with E-state index in [1.807, 2.05) is 0 Å². The Morgan fingerprint density at radius 2 is 1.74 bits per heavy atom. The van der Waals surface area contributed by atoms with Crippen molar-refractivity contribution in [2.45, 2.75) is 4.90 Å². The molecule has 0 bridgehead atoms. The van der Waals surface area contributed by atoms with Crippen LogP contribution in [0.1, 0.15) is 0 Å². The van der Waals surface area contributed by atoms with Gasteiger partial charge in [0.1, 0.15) is 0 Å². The van der Waals surface area contributed by atoms with Crippen LogP contribution in [-0.4, -0.2) is 8.42 Å². The van der Waals surface area contributed by atoms with E-state index in [4.69, 9.17) is 17.3 Å². The SMILES string of the molecule is Nc1ccc(Cl)c(NS(=O)(=O)c2ccc(I)cc2)c1. The fourth-order valence-electron chi connectivity index (χ4n) is 1.44. The number of nitrogens with one attached hydrogen (secondary N) is 1. The summed E-state index contributed by atoms with van der Waals surface area (Å²) in [4.78, 5) is 0.173. The van der Waals surface area contributed by atoms with Gasteiger partial charge in [-0.05, 0) is 65.1 Å². The standard InChI is InChI=1S/C12H10ClIN2O2S/c13-11-6-3-9(15)7-12(11)16-19(17,18)10-4-1-8(14)2-5-10/h1-7,16H,15H2. The molecule has 7 heteroatoms. The highest BCUT2D eigenvalue weighted by Gasteiger charge is 2.15. The number of anilines is 2. The van der Waals surface area contributed by atoms with Crippen molar-refractivity contribution in [1.82, 2.24) is 0 Å². The van der Waals surface area contributed by atoms with Gasteiger partial charge in [0.25, 0.3) is 10.0 Å². The first-order valence-electron chi connectivity index (χ1n) is 5.22. The van der Waals surface area contributed by atoms with Crippen molar-refractivity contribution in [3.63, 3.8) is 0 Å². The van der Waals surface area contributed by atoms with E-state index in [-0.39, 0.29) is 10.6 Å². The van der Waals surface area contributed by atoms with Crippen LogP contribution in [0, 0.1) is 3.57 Å². The van der Waals surface area contributed by atoms with Gasteiger partial charge in [-0.15, -0.1) is 0 Å². The summed E-state index contributed by atoms with van der Waals surface area (Å²) in [5.41, 5.74) is 6.31. The molecule has 100 valence electrons. The molecule has 0 amide bonds. The molecule has 0 saturated carbocycles. The van der Waals surface area contributed by atoms with Gasteiger partial charge in [-0.1, -0.05) is 11.6 Å². The molecule has 3 N–H and O–H groups in total. The van der Waals surface area contributed by atoms with Crippen LogP contribution < -0.4 is 10.5 Å². The molecular weight excluding hydrogens is 399 g/mol. The lowest BCUT2D eigenvalue weighted by molar-refractivity contribution is 0.601. The largest absolute Gasteiger partial charge is 0.399 e. The lowest BCUT2D eigenvalue weighted by Gasteiger charge is -2.10. The van der Waals surface area contributed by atoms with Crippen LogP contribution in [0.4, 0.5) is 11.4 Å². The molecule has 2 aromatic rings. The molecule has 0 spiro atoms. The number of hydrogen-bond acceptors (Lipinski definition) is 3. The molecule has 0 aliphatic heterocycles. The van der Waals surface area contributed by atoms with E-state index in [2.05, 4.69) is 27.3 Å². The van der Waals surface area contributed by atoms with E-state index in [1.54, 1.807) is 24.3 Å². The number of sulfonamides is 1. The van der Waals surface area contributed by atoms with Crippen molar-refractivity contribution in [1.29, 1.82) is 0 Å². The van der Waals surface area contributed by atoms with E-state index in [0.717, 1.165) is 3.57 Å². The van der Waals surface area contributed by atoms with Crippen LogP contribution in [0.5, 0.6) is 0 Å². The topological polar surface area (TPSA) is 72.2 Å². The predicted molar refractivity (Wildman–Crippen MR) is 85.8 cm³/mol. The molecule has 0 radical (unpaired) electrons. The molecule has 2 rings (SSSR count). The summed E-state index contributed by atoms with van der Waals surface area (Å²) in [7, 11) is -3.66. The Morgan fingerprint density at radius 1 is 1.11 bits per heavy atom. The van der Waals surface area contributed by atoms with E-state index < -0.39 is 10.0 Å². The molecule has 2 aromatic carbocycles. The molecule has 0 saturated heterocycles. The highest BCUT2D eigenvalue weighted by atomic mass is 127. The molecule has 0 fully saturated rings. The average Bonchev–Trinajstić information content (AvgIpc) is 2.34. The Labute approximate surface area is 130 Å². The second-order valence-electron chi connectivity index (χ2n) is 3.80. The minimum absolute atomic E-state index is 0.173. The van der Waals surface area contributed by atoms with E-state index in [0.29, 0.717) is 10.7 Å². The Balaban J connectivity index is 2.36. The van der Waals surface area contributed by atoms with Gasteiger partial charge >= 0.3 is 0 Å². The van der Waals surface area contributed by atoms with Crippen LogP contribution in [-0.2, 0) is 10.0 Å². The van der Waals surface area contributed by atoms with Gasteiger partial charge in [-0.2, -0.15) is 0 Å². The monoisotopic (exact) mass is 408 g/mol. The average molecular weight is 409 g/mol. The van der Waals surface area contributed by atoms with Crippen molar-refractivity contribution in [2.24, 2.45) is 0 Å². The lowest BCUT2D eigenvalue weighted by Crippen LogP contribution is -2.13. The summed E-state index contributed by atoms with van der Waals surface area (Å²) in [6, 6.07) is 11.1. The van der Waals surface area contributed by atoms with Crippen molar-refractivity contribution in [3.05, 3.63) is 51.1 Å². The van der Waals surface area contributed by atoms with E-state index >= 15 is 0 Å². The Morgan fingerprint density at radius 3 is 2.37 bits per heavy atom. The van der Waals surface area contributed by atoms with Gasteiger partial charge < -0.3 is 5.73 Å². The minimum Gasteiger partial charge on any atom is -0.399 e. The summed E-state index contributed by atoms with van der Waals surface area (Å²) in [6.07, 6.45) is 0. The van der Waals surface area contributed by atoms with Gasteiger partial charge in [0.05, 0.1) is 15.6 Å². The highest BCUT2D eigenvalue weighted by Crippen LogP contribution is 2.26. The first-order chi connectivity index (χ1) is 8.88. The molecule has 0 aliphatic rings. The number of nitrogens with two attached hydrogens (primary N) is 1. The molecule has 4 nitrogen and oxygen atoms in total. The molecule has 0 aliphatic carbocycles. The number of nitrogen functional groups attached to an aromatic ring is 1. The summed E-state index contributed by atoms with van der Waals surface area (Å²) in [5, 5.41) is 0.295. The summed E-state index contributed by atoms with van der Waals surface area (Å²) < 4.78 is 27.7. The van der Waals surface area contributed by atoms with Crippen LogP contribution >= 0.6 is 34.2 Å². The Bertz CT molecular complexity index is 702. The molecule has 19 heavy (non-hydrogen) atoms. The van der Waals surface area contributed by atoms with Gasteiger partial charge in [0.2, 0.25) is 0 Å². The van der Waals surface area contributed by atoms with Crippen LogP contribution in [0.25, 0.3) is 0 Å². The predicted octanol–water partition coefficient (Wildman–Crippen LogP) is 3.33. The van der Waals surface area contributed by atoms with Gasteiger partial charge in [0, 0.05) is 9.26 Å². The van der Waals surface area contributed by atoms with Crippen molar-refractivity contribution < 1.29 is 8.42 Å². The van der Waals surface area contributed by atoms with Gasteiger partial charge in [-0.25, -0.2) is 8.42 Å². The zero-order chi connectivity index (χ0) is 14.0. The maximum absolute atomic E-state index is 12.2. The maximum atomic E-state index is 12.2. The molecule has 0 unspecified atom stereocenters. The summed E-state index contributed by atoms with van der Waals surface area (Å²) in [5.74, 6) is 0. The fourth-order valence-corrected chi connectivity index (χ4v) is 3.09. The minimum atomic E-state index is -3.66. The van der Waals surface area contributed by atoms with E-state index in [1.165, 1.54) is 18.2 Å². The first-order valence-corrected chi connectivity index (χ1v) is 8.16. The third kappa shape index (κ3) is 3.52. The number of halogens is 2. The number of rotatable bonds is 3. The second kappa shape index (κ2) is 5.56. The fraction of sp³-hybridized carbons (Fsp3) is 0. The molecule has 0 atom stereocenters. The molecular formula is C12H10ClIN2O2S. The van der Waals surface area contributed by atoms with Crippen molar-refractivity contribution >= 4 is 55.6 Å². The third-order valence-corrected chi connectivity index (χ3v) is 4.79. The number of hydrogen-bond donors (Lipinski definition) is 2. The highest BCUT2D eigenvalue weighted by molar-refractivity contribution is 14.1. The van der Waals surface area contributed by atoms with Gasteiger partial charge in [0.15, 0.2) is 0 Å². The molecule has 0 aromatic heterocycles. The van der Waals surface area contributed by atoms with Gasteiger partial charge in [-0.3, -0.25) is 4.72 Å². The van der Waals surface area contributed by atoms with Crippen LogP contribution in [0.3, 0.4) is 0 Å². The maximum Gasteiger partial charge on any atom is 0.261 e. The summed E-state index contributed by atoms with van der Waals surface area (Å²) in [6.45, 7) is 0. The summed E-state index contributed by atoms with van der Waals surface area (Å²) >= 11 is 8.04. The zero-order valence-corrected chi connectivity index (χ0v) is 13.3. The first kappa shape index (κ1) is 14.4.